The van der Waals surface area contributed by atoms with Crippen LogP contribution in [0.15, 0.2) is 97.1 Å². The normalized spacial score (nSPS) is 25.0. The number of rotatable bonds is 42. The molecule has 804 valence electrons. The van der Waals surface area contributed by atoms with E-state index in [1.165, 1.54) is 141 Å². The third-order valence-corrected chi connectivity index (χ3v) is 25.6. The number of carbonyl (C=O) groups excluding carboxylic acids is 18. The number of phenolic OH excluding ortho intramolecular Hbond substituents is 1. The topological polar surface area (TPSA) is 543 Å². The molecule has 0 amide bonds. The van der Waals surface area contributed by atoms with Crippen LogP contribution in [0.4, 0.5) is 0 Å². The minimum atomic E-state index is -2.18. The summed E-state index contributed by atoms with van der Waals surface area (Å²) >= 11 is 3.40. The molecule has 4 heterocycles. The van der Waals surface area contributed by atoms with Crippen molar-refractivity contribution in [1.82, 2.24) is 0 Å². The molecule has 40 nitrogen and oxygen atoms in total. The van der Waals surface area contributed by atoms with Crippen molar-refractivity contribution in [3.63, 3.8) is 0 Å². The highest BCUT2D eigenvalue weighted by Crippen LogP contribution is 2.49. The van der Waals surface area contributed by atoms with E-state index < -0.39 is 167 Å². The standard InChI is InChI=1S/C26H35BrO9.C26H36O10.C26H34O10.C19H30O9.C7H6O2/c3*1-15-12-26(25(31)32-6,35-21-9-7-20(13-27)8-10-21)36-24(22(15)11-16(2)28)17(3)23(34-19(5)30)14-33-18(4)29;1-10-8-19(24,18(23)25-6)28-17(15(10)7-11(2)20)12(3)16(27-14(5)22)9-26-13(4)21;8-5-6-1-3-7(9)4-2-6/h7-10,15,17,22-24H,11-14H2,1-6H3;7-10,15,17,22-24,27H,11-14H2,1-6H3;7-10,13,15,17,22-24H,11-12,14H2,1-6H3;10,12,15-17,24H,7-9H2,1-6H3;1-5,9H/t3*15-,17+,22+,23+,24?,26+;10-,12+,15+,16+,17?,19+;/m0000./s1. The Kier molecular flexibility index (Phi) is 51.5. The summed E-state index contributed by atoms with van der Waals surface area (Å²) in [5.74, 6) is -19.1. The Balaban J connectivity index is 0.000000392. The lowest BCUT2D eigenvalue weighted by molar-refractivity contribution is -0.290. The minimum Gasteiger partial charge on any atom is -0.508 e. The Morgan fingerprint density at radius 2 is 0.586 bits per heavy atom. The molecule has 3 N–H and O–H groups in total. The second-order valence-electron chi connectivity index (χ2n) is 36.9. The molecule has 0 saturated carbocycles. The average molecular weight is 2110 g/mol. The smallest absolute Gasteiger partial charge is 0.379 e. The first-order valence-electron chi connectivity index (χ1n) is 47.2. The second kappa shape index (κ2) is 59.6. The van der Waals surface area contributed by atoms with Crippen LogP contribution in [0.1, 0.15) is 222 Å². The minimum absolute atomic E-state index is 0.0387. The largest absolute Gasteiger partial charge is 0.508 e. The number of Topliss-reactive ketones (excluding diaryl/α,β-unsaturated/α-hetero) is 4. The van der Waals surface area contributed by atoms with Crippen molar-refractivity contribution in [3.05, 3.63) is 119 Å². The molecule has 8 rings (SSSR count). The number of methoxy groups -OCH3 is 4. The first-order valence-corrected chi connectivity index (χ1v) is 48.3. The molecule has 0 aromatic heterocycles. The molecule has 4 aromatic carbocycles. The van der Waals surface area contributed by atoms with Gasteiger partial charge in [0.25, 0.3) is 5.79 Å². The van der Waals surface area contributed by atoms with Gasteiger partial charge in [0.15, 0.2) is 0 Å². The van der Waals surface area contributed by atoms with Crippen LogP contribution in [0, 0.1) is 71.0 Å². The summed E-state index contributed by atoms with van der Waals surface area (Å²) in [7, 11) is 4.81. The summed E-state index contributed by atoms with van der Waals surface area (Å²) < 4.78 is 105. The van der Waals surface area contributed by atoms with E-state index in [-0.39, 0.29) is 166 Å². The lowest BCUT2D eigenvalue weighted by Crippen LogP contribution is -2.60. The molecule has 0 bridgehead atoms. The van der Waals surface area contributed by atoms with E-state index in [0.29, 0.717) is 39.8 Å². The summed E-state index contributed by atoms with van der Waals surface area (Å²) in [6, 6.07) is 25.9. The molecule has 4 aromatic rings. The van der Waals surface area contributed by atoms with Crippen LogP contribution >= 0.6 is 15.9 Å². The number of hydrogen-bond acceptors (Lipinski definition) is 40. The van der Waals surface area contributed by atoms with Gasteiger partial charge in [0.05, 0.1) is 59.5 Å². The molecule has 4 saturated heterocycles. The van der Waals surface area contributed by atoms with Crippen molar-refractivity contribution in [2.45, 2.75) is 274 Å². The fourth-order valence-corrected chi connectivity index (χ4v) is 18.2. The van der Waals surface area contributed by atoms with Gasteiger partial charge in [-0.1, -0.05) is 95.6 Å². The van der Waals surface area contributed by atoms with Crippen LogP contribution in [-0.4, -0.2) is 250 Å². The van der Waals surface area contributed by atoms with Crippen LogP contribution in [0.5, 0.6) is 23.0 Å². The Morgan fingerprint density at radius 1 is 0.352 bits per heavy atom. The lowest BCUT2D eigenvalue weighted by Gasteiger charge is -2.48. The molecule has 4 aliphatic rings. The van der Waals surface area contributed by atoms with Gasteiger partial charge in [-0.2, -0.15) is 0 Å². The zero-order valence-corrected chi connectivity index (χ0v) is 88.2. The molecule has 0 aliphatic carbocycles. The van der Waals surface area contributed by atoms with Crippen LogP contribution < -0.4 is 14.2 Å². The number of ketones is 4. The van der Waals surface area contributed by atoms with Gasteiger partial charge in [-0.15, -0.1) is 0 Å². The molecule has 145 heavy (non-hydrogen) atoms. The fourth-order valence-electron chi connectivity index (χ4n) is 17.8. The van der Waals surface area contributed by atoms with E-state index in [9.17, 15) is 96.5 Å². The first-order chi connectivity index (χ1) is 68.0. The van der Waals surface area contributed by atoms with Gasteiger partial charge in [-0.05, 0) is 159 Å². The summed E-state index contributed by atoms with van der Waals surface area (Å²) in [6.07, 6.45) is -4.38. The second-order valence-corrected chi connectivity index (χ2v) is 37.4. The van der Waals surface area contributed by atoms with E-state index in [1.54, 1.807) is 83.1 Å². The molecule has 4 fully saturated rings. The van der Waals surface area contributed by atoms with Gasteiger partial charge in [0, 0.05) is 147 Å². The van der Waals surface area contributed by atoms with Gasteiger partial charge >= 0.3 is 89.0 Å². The molecule has 4 aliphatic heterocycles. The number of hydrogen-bond donors (Lipinski definition) is 3. The molecular weight excluding hydrogens is 1970 g/mol. The number of esters is 12. The Labute approximate surface area is 852 Å². The molecule has 24 atom stereocenters. The van der Waals surface area contributed by atoms with Gasteiger partial charge in [0.2, 0.25) is 0 Å². The molecular formula is C104H141BrO40. The van der Waals surface area contributed by atoms with Gasteiger partial charge in [-0.25, -0.2) is 19.2 Å². The van der Waals surface area contributed by atoms with E-state index in [4.69, 9.17) is 90.4 Å². The Morgan fingerprint density at radius 3 is 0.807 bits per heavy atom. The zero-order valence-electron chi connectivity index (χ0n) is 86.7. The Bertz CT molecular complexity index is 4830. The van der Waals surface area contributed by atoms with E-state index in [2.05, 4.69) is 20.7 Å². The number of carbonyl (C=O) groups is 18. The maximum absolute atomic E-state index is 13.1. The van der Waals surface area contributed by atoms with Gasteiger partial charge in [-0.3, -0.25) is 47.9 Å². The predicted octanol–water partition coefficient (Wildman–Crippen LogP) is 11.7. The summed E-state index contributed by atoms with van der Waals surface area (Å²) in [5.41, 5.74) is 2.69. The van der Waals surface area contributed by atoms with Gasteiger partial charge in [0.1, 0.15) is 110 Å². The van der Waals surface area contributed by atoms with Crippen molar-refractivity contribution in [1.29, 1.82) is 0 Å². The number of ether oxygens (including phenoxy) is 19. The number of aliphatic hydroxyl groups is 2. The third kappa shape index (κ3) is 39.0. The fraction of sp³-hybridized carbons (Fsp3) is 0.596. The zero-order chi connectivity index (χ0) is 109. The number of halogens is 1. The number of aromatic hydroxyl groups is 1. The first kappa shape index (κ1) is 125. The number of benzene rings is 4. The highest BCUT2D eigenvalue weighted by molar-refractivity contribution is 9.08. The monoisotopic (exact) mass is 2110 g/mol. The highest BCUT2D eigenvalue weighted by atomic mass is 79.9. The molecule has 0 spiro atoms. The highest BCUT2D eigenvalue weighted by Gasteiger charge is 2.60. The van der Waals surface area contributed by atoms with Crippen LogP contribution in [0.25, 0.3) is 0 Å². The van der Waals surface area contributed by atoms with Crippen molar-refractivity contribution >= 4 is 123 Å². The predicted molar refractivity (Wildman–Crippen MR) is 515 cm³/mol. The van der Waals surface area contributed by atoms with E-state index >= 15 is 0 Å². The van der Waals surface area contributed by atoms with Crippen molar-refractivity contribution < 1.29 is 192 Å². The number of aldehydes is 2. The number of alkyl halides is 1. The van der Waals surface area contributed by atoms with Crippen molar-refractivity contribution in [2.24, 2.45) is 71.0 Å². The molecule has 4 unspecified atom stereocenters. The number of phenols is 1. The lowest BCUT2D eigenvalue weighted by atomic mass is 9.73. The third-order valence-electron chi connectivity index (χ3n) is 24.9. The Hall–Kier alpha value is -12.0. The molecule has 0 radical (unpaired) electrons. The van der Waals surface area contributed by atoms with Crippen LogP contribution in [0.3, 0.4) is 0 Å². The summed E-state index contributed by atoms with van der Waals surface area (Å²) in [6.45, 7) is 29.2. The van der Waals surface area contributed by atoms with Gasteiger partial charge < -0.3 is 124 Å². The summed E-state index contributed by atoms with van der Waals surface area (Å²) in [4.78, 5) is 213. The van der Waals surface area contributed by atoms with Crippen LogP contribution in [0.2, 0.25) is 0 Å². The maximum Gasteiger partial charge on any atom is 0.379 e. The van der Waals surface area contributed by atoms with Crippen molar-refractivity contribution in [2.75, 3.05) is 54.9 Å². The van der Waals surface area contributed by atoms with E-state index in [1.807, 2.05) is 32.9 Å². The summed E-state index contributed by atoms with van der Waals surface area (Å²) in [5, 5.41) is 29.4. The van der Waals surface area contributed by atoms with E-state index in [0.717, 1.165) is 19.0 Å². The number of aliphatic hydroxyl groups excluding tert-OH is 1. The average Bonchev–Trinajstić information content (AvgIpc) is 0.760. The quantitative estimate of drug-likeness (QED) is 0.0160. The maximum atomic E-state index is 13.1. The molecule has 41 heteroatoms. The SMILES string of the molecule is COC(=O)[C@@]1(O)C[C@H](C)[C@@H](CC(C)=O)C([C@H](C)[C@@H](COC(C)=O)OC(C)=O)O1.COC(=O)[C@@]1(Oc2ccc(C=O)cc2)C[C@H](C)[C@@H](CC(C)=O)C([C@H](C)[C@@H](COC(C)=O)OC(C)=O)O1.COC(=O)[C@@]1(Oc2ccc(CBr)cc2)C[C@H](C)[C@@H](CC(C)=O)C([C@H](C)[C@@H](COC(C)=O)OC(C)=O)O1.COC(=O)[C@@]1(Oc2ccc(CO)cc2)C[C@H](C)[C@@H](CC(C)=O)C([C@H](C)[C@@H](COC(C)=O)OC(C)=O)O1.O=Cc1ccc(O)cc1. The van der Waals surface area contributed by atoms with Crippen molar-refractivity contribution in [3.8, 4) is 23.0 Å². The van der Waals surface area contributed by atoms with Crippen LogP contribution in [-0.2, 0) is 164 Å².